The lowest BCUT2D eigenvalue weighted by atomic mass is 9.86. The highest BCUT2D eigenvalue weighted by molar-refractivity contribution is 4.79. The van der Waals surface area contributed by atoms with E-state index in [0.29, 0.717) is 0 Å². The molecule has 1 unspecified atom stereocenters. The van der Waals surface area contributed by atoms with E-state index in [1.807, 2.05) is 0 Å². The Morgan fingerprint density at radius 2 is 1.74 bits per heavy atom. The van der Waals surface area contributed by atoms with Crippen LogP contribution in [-0.4, -0.2) is 37.1 Å². The second kappa shape index (κ2) is 8.26. The molecule has 1 aliphatic carbocycles. The predicted molar refractivity (Wildman–Crippen MR) is 83.5 cm³/mol. The maximum absolute atomic E-state index is 3.81. The number of hydrogen-bond donors (Lipinski definition) is 1. The molecule has 2 rings (SSSR count). The summed E-state index contributed by atoms with van der Waals surface area (Å²) in [5.74, 6) is 1.93. The number of piperidine rings is 1. The summed E-state index contributed by atoms with van der Waals surface area (Å²) in [5.41, 5.74) is 0. The minimum Gasteiger partial charge on any atom is -0.314 e. The molecular formula is C17H34N2. The number of rotatable bonds is 6. The second-order valence-corrected chi connectivity index (χ2v) is 6.81. The smallest absolute Gasteiger partial charge is 0.00679 e. The van der Waals surface area contributed by atoms with Crippen LogP contribution in [0, 0.1) is 11.8 Å². The third-order valence-corrected chi connectivity index (χ3v) is 5.53. The Labute approximate surface area is 120 Å². The van der Waals surface area contributed by atoms with Crippen molar-refractivity contribution in [3.05, 3.63) is 0 Å². The molecule has 0 amide bonds. The Hall–Kier alpha value is -0.0800. The van der Waals surface area contributed by atoms with Gasteiger partial charge in [-0.3, -0.25) is 0 Å². The molecule has 1 heterocycles. The Bertz CT molecular complexity index is 227. The lowest BCUT2D eigenvalue weighted by Crippen LogP contribution is -2.42. The molecule has 19 heavy (non-hydrogen) atoms. The molecule has 2 nitrogen and oxygen atoms in total. The van der Waals surface area contributed by atoms with Crippen molar-refractivity contribution < 1.29 is 0 Å². The summed E-state index contributed by atoms with van der Waals surface area (Å²) < 4.78 is 0. The van der Waals surface area contributed by atoms with Gasteiger partial charge in [-0.15, -0.1) is 0 Å². The maximum Gasteiger partial charge on any atom is 0.00679 e. The molecular weight excluding hydrogens is 232 g/mol. The maximum atomic E-state index is 3.81. The van der Waals surface area contributed by atoms with Gasteiger partial charge in [-0.05, 0) is 64.2 Å². The summed E-state index contributed by atoms with van der Waals surface area (Å²) in [6.07, 6.45) is 11.6. The molecule has 0 bridgehead atoms. The van der Waals surface area contributed by atoms with Crippen molar-refractivity contribution in [2.75, 3.05) is 26.2 Å². The van der Waals surface area contributed by atoms with E-state index in [-0.39, 0.29) is 0 Å². The molecule has 0 aromatic carbocycles. The van der Waals surface area contributed by atoms with E-state index < -0.39 is 0 Å². The van der Waals surface area contributed by atoms with Crippen LogP contribution in [0.15, 0.2) is 0 Å². The van der Waals surface area contributed by atoms with Gasteiger partial charge < -0.3 is 10.2 Å². The van der Waals surface area contributed by atoms with E-state index in [4.69, 9.17) is 0 Å². The summed E-state index contributed by atoms with van der Waals surface area (Å²) in [5, 5.41) is 3.81. The quantitative estimate of drug-likeness (QED) is 0.789. The second-order valence-electron chi connectivity index (χ2n) is 6.81. The van der Waals surface area contributed by atoms with Gasteiger partial charge in [0.25, 0.3) is 0 Å². The highest BCUT2D eigenvalue weighted by Gasteiger charge is 2.23. The van der Waals surface area contributed by atoms with Crippen LogP contribution < -0.4 is 5.32 Å². The molecule has 1 saturated heterocycles. The van der Waals surface area contributed by atoms with Crippen molar-refractivity contribution in [2.24, 2.45) is 11.8 Å². The van der Waals surface area contributed by atoms with Crippen molar-refractivity contribution in [2.45, 2.75) is 71.3 Å². The van der Waals surface area contributed by atoms with Crippen LogP contribution in [0.25, 0.3) is 0 Å². The van der Waals surface area contributed by atoms with Crippen LogP contribution in [0.3, 0.4) is 0 Å². The normalized spacial score (nSPS) is 25.6. The van der Waals surface area contributed by atoms with Crippen molar-refractivity contribution in [1.29, 1.82) is 0 Å². The lowest BCUT2D eigenvalue weighted by molar-refractivity contribution is 0.167. The first kappa shape index (κ1) is 15.3. The van der Waals surface area contributed by atoms with Crippen LogP contribution in [0.5, 0.6) is 0 Å². The monoisotopic (exact) mass is 266 g/mol. The zero-order valence-corrected chi connectivity index (χ0v) is 13.2. The fourth-order valence-corrected chi connectivity index (χ4v) is 3.93. The molecule has 2 aliphatic rings. The Morgan fingerprint density at radius 1 is 1.05 bits per heavy atom. The number of hydrogen-bond acceptors (Lipinski definition) is 2. The van der Waals surface area contributed by atoms with Gasteiger partial charge >= 0.3 is 0 Å². The first-order valence-corrected chi connectivity index (χ1v) is 8.75. The first-order valence-electron chi connectivity index (χ1n) is 8.75. The molecule has 2 fully saturated rings. The molecule has 0 aromatic heterocycles. The van der Waals surface area contributed by atoms with E-state index in [2.05, 4.69) is 24.1 Å². The summed E-state index contributed by atoms with van der Waals surface area (Å²) in [6, 6.07) is 0.725. The number of nitrogens with zero attached hydrogens (tertiary/aromatic N) is 1. The molecule has 1 saturated carbocycles. The topological polar surface area (TPSA) is 15.3 Å². The standard InChI is InChI=1S/C17H34N2/c1-3-19-13-10-17(11-14-19)15(2)18-12-9-16-7-5-4-6-8-16/h15-18H,3-14H2,1-2H3. The number of nitrogens with one attached hydrogen (secondary N) is 1. The van der Waals surface area contributed by atoms with Crippen molar-refractivity contribution in [1.82, 2.24) is 10.2 Å². The molecule has 1 aliphatic heterocycles. The van der Waals surface area contributed by atoms with Crippen molar-refractivity contribution >= 4 is 0 Å². The Balaban J connectivity index is 1.57. The van der Waals surface area contributed by atoms with Crippen LogP contribution in [-0.2, 0) is 0 Å². The summed E-state index contributed by atoms with van der Waals surface area (Å²) in [4.78, 5) is 2.59. The van der Waals surface area contributed by atoms with Gasteiger partial charge in [0.2, 0.25) is 0 Å². The van der Waals surface area contributed by atoms with E-state index in [9.17, 15) is 0 Å². The molecule has 1 N–H and O–H groups in total. The average Bonchev–Trinajstić information content (AvgIpc) is 2.48. The van der Waals surface area contributed by atoms with Gasteiger partial charge in [-0.2, -0.15) is 0 Å². The van der Waals surface area contributed by atoms with E-state index in [1.54, 1.807) is 0 Å². The van der Waals surface area contributed by atoms with Gasteiger partial charge in [0.05, 0.1) is 0 Å². The van der Waals surface area contributed by atoms with Crippen molar-refractivity contribution in [3.8, 4) is 0 Å². The largest absolute Gasteiger partial charge is 0.314 e. The Kier molecular flexibility index (Phi) is 6.66. The molecule has 0 spiro atoms. The van der Waals surface area contributed by atoms with E-state index >= 15 is 0 Å². The highest BCUT2D eigenvalue weighted by atomic mass is 15.1. The lowest BCUT2D eigenvalue weighted by Gasteiger charge is -2.35. The molecule has 1 atom stereocenters. The third kappa shape index (κ3) is 5.07. The van der Waals surface area contributed by atoms with Crippen LogP contribution >= 0.6 is 0 Å². The predicted octanol–water partition coefficient (Wildman–Crippen LogP) is 3.67. The summed E-state index contributed by atoms with van der Waals surface area (Å²) in [6.45, 7) is 9.81. The average molecular weight is 266 g/mol. The van der Waals surface area contributed by atoms with Gasteiger partial charge in [-0.1, -0.05) is 39.0 Å². The fourth-order valence-electron chi connectivity index (χ4n) is 3.93. The van der Waals surface area contributed by atoms with Crippen molar-refractivity contribution in [3.63, 3.8) is 0 Å². The molecule has 2 heteroatoms. The zero-order valence-electron chi connectivity index (χ0n) is 13.2. The minimum atomic E-state index is 0.725. The number of likely N-dealkylation sites (tertiary alicyclic amines) is 1. The minimum absolute atomic E-state index is 0.725. The highest BCUT2D eigenvalue weighted by Crippen LogP contribution is 2.26. The fraction of sp³-hybridized carbons (Fsp3) is 1.00. The van der Waals surface area contributed by atoms with Gasteiger partial charge in [0.1, 0.15) is 0 Å². The molecule has 0 aromatic rings. The molecule has 112 valence electrons. The van der Waals surface area contributed by atoms with E-state index in [1.165, 1.54) is 77.5 Å². The molecule has 0 radical (unpaired) electrons. The van der Waals surface area contributed by atoms with Gasteiger partial charge in [-0.25, -0.2) is 0 Å². The summed E-state index contributed by atoms with van der Waals surface area (Å²) in [7, 11) is 0. The Morgan fingerprint density at radius 3 is 2.37 bits per heavy atom. The van der Waals surface area contributed by atoms with Gasteiger partial charge in [0, 0.05) is 6.04 Å². The summed E-state index contributed by atoms with van der Waals surface area (Å²) >= 11 is 0. The zero-order chi connectivity index (χ0) is 13.5. The van der Waals surface area contributed by atoms with Gasteiger partial charge in [0.15, 0.2) is 0 Å². The first-order chi connectivity index (χ1) is 9.29. The van der Waals surface area contributed by atoms with Crippen LogP contribution in [0.1, 0.15) is 65.2 Å². The van der Waals surface area contributed by atoms with E-state index in [0.717, 1.165) is 17.9 Å². The van der Waals surface area contributed by atoms with Crippen LogP contribution in [0.2, 0.25) is 0 Å². The SMILES string of the molecule is CCN1CCC(C(C)NCCC2CCCCC2)CC1. The third-order valence-electron chi connectivity index (χ3n) is 5.53. The van der Waals surface area contributed by atoms with Crippen LogP contribution in [0.4, 0.5) is 0 Å².